The number of fused-ring (bicyclic) bond motifs is 5. The number of nitrogens with one attached hydrogen (secondary N) is 1. The predicted octanol–water partition coefficient (Wildman–Crippen LogP) is 14.5. The molecule has 9 aromatic rings. The maximum absolute atomic E-state index is 9.99. The van der Waals surface area contributed by atoms with Crippen molar-refractivity contribution < 1.29 is 10.2 Å². The van der Waals surface area contributed by atoms with E-state index in [9.17, 15) is 10.2 Å². The van der Waals surface area contributed by atoms with Crippen LogP contribution in [-0.2, 0) is 0 Å². The van der Waals surface area contributed by atoms with Crippen LogP contribution in [0.25, 0.3) is 75.4 Å². The molecule has 1 aromatic heterocycles. The molecule has 4 nitrogen and oxygen atoms in total. The van der Waals surface area contributed by atoms with Gasteiger partial charge in [0, 0.05) is 16.1 Å². The van der Waals surface area contributed by atoms with Gasteiger partial charge in [0.25, 0.3) is 0 Å². The molecule has 266 valence electrons. The topological polar surface area (TPSA) is 65.4 Å². The molecule has 0 aliphatic carbocycles. The summed E-state index contributed by atoms with van der Waals surface area (Å²) in [7, 11) is 0. The number of aromatic nitrogens is 1. The lowest BCUT2D eigenvalue weighted by molar-refractivity contribution is 0.474. The summed E-state index contributed by atoms with van der Waals surface area (Å²) in [5.41, 5.74) is 8.96. The van der Waals surface area contributed by atoms with Crippen molar-refractivity contribution in [1.82, 2.24) is 4.98 Å². The second-order valence-corrected chi connectivity index (χ2v) is 14.9. The molecule has 0 radical (unpaired) electrons. The minimum atomic E-state index is 0.0820. The quantitative estimate of drug-likeness (QED) is 0.0710. The largest absolute Gasteiger partial charge is 0.508 e. The van der Waals surface area contributed by atoms with Crippen molar-refractivity contribution in [2.75, 3.05) is 15.2 Å². The zero-order valence-electron chi connectivity index (χ0n) is 29.3. The Hall–Kier alpha value is -4.36. The zero-order chi connectivity index (χ0) is 37.3. The molecule has 1 atom stereocenters. The maximum atomic E-state index is 9.99. The number of hydrogen-bond acceptors (Lipinski definition) is 6. The van der Waals surface area contributed by atoms with Crippen LogP contribution in [-0.4, -0.2) is 25.1 Å². The molecule has 54 heavy (non-hydrogen) atoms. The minimum absolute atomic E-state index is 0.0820. The number of thioether (sulfide) groups is 1. The van der Waals surface area contributed by atoms with E-state index in [0.717, 1.165) is 36.9 Å². The summed E-state index contributed by atoms with van der Waals surface area (Å²) in [4.78, 5) is 9.85. The molecule has 0 bridgehead atoms. The number of anilines is 1. The van der Waals surface area contributed by atoms with Gasteiger partial charge in [-0.3, -0.25) is 0 Å². The fraction of sp³-hybridized carbons (Fsp3) is 0.0652. The van der Waals surface area contributed by atoms with Crippen LogP contribution in [0.4, 0.5) is 5.69 Å². The van der Waals surface area contributed by atoms with Gasteiger partial charge in [0.15, 0.2) is 0 Å². The van der Waals surface area contributed by atoms with E-state index in [0.29, 0.717) is 0 Å². The number of aromatic hydroxyl groups is 2. The SMILES string of the molecule is CI.CI.Oc1ccc2c(c1)SC(c1ccc(-c3c4ccccc4c(-c4ccc(-c5nc6ccc(O)cc6s5)cc4)c4cc5ccccc5cc34)cc1)N2. The van der Waals surface area contributed by atoms with Gasteiger partial charge in [0.2, 0.25) is 0 Å². The number of hydrogen-bond donors (Lipinski definition) is 3. The standard InChI is InChI=1S/C44H28N2O2S2.2CH3I/c47-31-17-19-37-39(23-31)49-43(45-37)27-13-9-25(10-14-27)41-33-7-3-4-8-34(33)42(36-22-30-6-2-1-5-29(30)21-35(36)41)26-11-15-28(16-12-26)44-46-38-20-18-32(48)24-40(38)50-44;2*1-2/h1-24,43,45,47-48H;2*1H3. The molecule has 8 heteroatoms. The summed E-state index contributed by atoms with van der Waals surface area (Å²) in [6.45, 7) is 0. The third kappa shape index (κ3) is 6.78. The molecule has 0 saturated carbocycles. The summed E-state index contributed by atoms with van der Waals surface area (Å²) in [5.74, 6) is 0.543. The first kappa shape index (κ1) is 36.6. The minimum Gasteiger partial charge on any atom is -0.508 e. The van der Waals surface area contributed by atoms with E-state index >= 15 is 0 Å². The molecular weight excluding hydrogens is 930 g/mol. The number of benzene rings is 8. The molecule has 1 unspecified atom stereocenters. The number of halogens is 2. The summed E-state index contributed by atoms with van der Waals surface area (Å²) >= 11 is 7.62. The van der Waals surface area contributed by atoms with Gasteiger partial charge in [0.1, 0.15) is 21.9 Å². The Morgan fingerprint density at radius 2 is 1.09 bits per heavy atom. The maximum Gasteiger partial charge on any atom is 0.124 e. The van der Waals surface area contributed by atoms with Gasteiger partial charge in [-0.25, -0.2) is 4.98 Å². The zero-order valence-corrected chi connectivity index (χ0v) is 35.3. The van der Waals surface area contributed by atoms with Crippen LogP contribution < -0.4 is 5.32 Å². The smallest absolute Gasteiger partial charge is 0.124 e. The Morgan fingerprint density at radius 1 is 0.556 bits per heavy atom. The van der Waals surface area contributed by atoms with Crippen molar-refractivity contribution in [2.24, 2.45) is 0 Å². The fourth-order valence-corrected chi connectivity index (χ4v) is 9.48. The molecule has 2 heterocycles. The van der Waals surface area contributed by atoms with Crippen LogP contribution in [0.3, 0.4) is 0 Å². The van der Waals surface area contributed by atoms with Crippen LogP contribution in [0.2, 0.25) is 0 Å². The van der Waals surface area contributed by atoms with Crippen LogP contribution in [0.5, 0.6) is 11.5 Å². The molecule has 0 amide bonds. The van der Waals surface area contributed by atoms with Crippen LogP contribution in [0.1, 0.15) is 10.9 Å². The first-order chi connectivity index (χ1) is 26.6. The normalized spacial score (nSPS) is 13.2. The van der Waals surface area contributed by atoms with E-state index in [1.807, 2.05) is 28.1 Å². The molecule has 0 spiro atoms. The molecule has 1 aliphatic rings. The summed E-state index contributed by atoms with van der Waals surface area (Å²) in [6.07, 6.45) is 0. The van der Waals surface area contributed by atoms with Crippen LogP contribution >= 0.6 is 68.3 Å². The molecule has 3 N–H and O–H groups in total. The van der Waals surface area contributed by atoms with E-state index in [2.05, 4.69) is 160 Å². The third-order valence-electron chi connectivity index (χ3n) is 9.68. The number of thiazole rings is 1. The number of alkyl halides is 2. The van der Waals surface area contributed by atoms with Crippen molar-refractivity contribution in [2.45, 2.75) is 10.3 Å². The molecular formula is C46H34I2N2O2S2. The number of rotatable bonds is 4. The average Bonchev–Trinajstić information content (AvgIpc) is 3.85. The lowest BCUT2D eigenvalue weighted by Crippen LogP contribution is -2.00. The summed E-state index contributed by atoms with van der Waals surface area (Å²) in [6, 6.07) is 50.6. The Morgan fingerprint density at radius 3 is 1.72 bits per heavy atom. The van der Waals surface area contributed by atoms with Gasteiger partial charge in [-0.15, -0.1) is 11.3 Å². The highest BCUT2D eigenvalue weighted by atomic mass is 127. The van der Waals surface area contributed by atoms with E-state index in [-0.39, 0.29) is 16.9 Å². The number of nitrogens with zero attached hydrogens (tertiary/aromatic N) is 1. The molecule has 0 fully saturated rings. The highest BCUT2D eigenvalue weighted by Gasteiger charge is 2.24. The summed E-state index contributed by atoms with van der Waals surface area (Å²) in [5, 5.41) is 31.9. The molecule has 0 saturated heterocycles. The fourth-order valence-electron chi connectivity index (χ4n) is 7.30. The highest BCUT2D eigenvalue weighted by Crippen LogP contribution is 2.49. The lowest BCUT2D eigenvalue weighted by atomic mass is 9.84. The first-order valence-electron chi connectivity index (χ1n) is 17.3. The predicted molar refractivity (Wildman–Crippen MR) is 250 cm³/mol. The van der Waals surface area contributed by atoms with Crippen LogP contribution in [0.15, 0.2) is 150 Å². The van der Waals surface area contributed by atoms with Gasteiger partial charge in [-0.1, -0.05) is 154 Å². The van der Waals surface area contributed by atoms with E-state index in [4.69, 9.17) is 4.98 Å². The average molecular weight is 965 g/mol. The number of phenolic OH excluding ortho intramolecular Hbond substituents is 2. The second-order valence-electron chi connectivity index (χ2n) is 12.7. The van der Waals surface area contributed by atoms with E-state index in [1.165, 1.54) is 54.6 Å². The van der Waals surface area contributed by atoms with Gasteiger partial charge in [-0.05, 0) is 119 Å². The Balaban J connectivity index is 0.00000100. The van der Waals surface area contributed by atoms with Crippen molar-refractivity contribution in [3.63, 3.8) is 0 Å². The van der Waals surface area contributed by atoms with Crippen LogP contribution in [0, 0.1) is 0 Å². The van der Waals surface area contributed by atoms with Crippen molar-refractivity contribution in [3.8, 4) is 44.3 Å². The van der Waals surface area contributed by atoms with Gasteiger partial charge >= 0.3 is 0 Å². The van der Waals surface area contributed by atoms with Gasteiger partial charge in [-0.2, -0.15) is 0 Å². The first-order valence-corrected chi connectivity index (χ1v) is 23.3. The Bertz CT molecular complexity index is 2800. The molecule has 10 rings (SSSR count). The van der Waals surface area contributed by atoms with E-state index < -0.39 is 0 Å². The summed E-state index contributed by atoms with van der Waals surface area (Å²) < 4.78 is 0.972. The lowest BCUT2D eigenvalue weighted by Gasteiger charge is -2.19. The number of phenols is 2. The molecule has 8 aromatic carbocycles. The Kier molecular flexibility index (Phi) is 10.7. The van der Waals surface area contributed by atoms with Crippen molar-refractivity contribution >= 4 is 117 Å². The van der Waals surface area contributed by atoms with Gasteiger partial charge < -0.3 is 15.5 Å². The third-order valence-corrected chi connectivity index (χ3v) is 12.0. The van der Waals surface area contributed by atoms with Crippen molar-refractivity contribution in [3.05, 3.63) is 151 Å². The molecule has 1 aliphatic heterocycles. The van der Waals surface area contributed by atoms with Gasteiger partial charge in [0.05, 0.1) is 10.2 Å². The van der Waals surface area contributed by atoms with Crippen molar-refractivity contribution in [1.29, 1.82) is 0 Å². The van der Waals surface area contributed by atoms with E-state index in [1.54, 1.807) is 41.3 Å². The highest BCUT2D eigenvalue weighted by molar-refractivity contribution is 14.1. The monoisotopic (exact) mass is 964 g/mol. The second kappa shape index (κ2) is 15.8. The Labute approximate surface area is 349 Å².